The highest BCUT2D eigenvalue weighted by molar-refractivity contribution is 5.95. The van der Waals surface area contributed by atoms with Gasteiger partial charge in [-0.15, -0.1) is 0 Å². The number of unbranched alkanes of at least 4 members (excludes halogenated alkanes) is 1. The maximum absolute atomic E-state index is 11.4. The van der Waals surface area contributed by atoms with E-state index in [2.05, 4.69) is 12.3 Å². The van der Waals surface area contributed by atoms with Crippen molar-refractivity contribution < 1.29 is 9.53 Å². The van der Waals surface area contributed by atoms with Gasteiger partial charge in [0.2, 0.25) is 0 Å². The van der Waals surface area contributed by atoms with Crippen molar-refractivity contribution in [3.8, 4) is 0 Å². The summed E-state index contributed by atoms with van der Waals surface area (Å²) in [6.45, 7) is 3.28. The fourth-order valence-electron chi connectivity index (χ4n) is 1.37. The molecule has 1 aromatic rings. The third-order valence-electron chi connectivity index (χ3n) is 2.29. The van der Waals surface area contributed by atoms with Crippen LogP contribution in [0.1, 0.15) is 35.7 Å². The summed E-state index contributed by atoms with van der Waals surface area (Å²) in [6, 6.07) is 7.29. The quantitative estimate of drug-likeness (QED) is 0.332. The monoisotopic (exact) mass is 222 g/mol. The topological polar surface area (TPSA) is 64.3 Å². The summed E-state index contributed by atoms with van der Waals surface area (Å²) >= 11 is 0. The molecule has 0 heterocycles. The smallest absolute Gasteiger partial charge is 0.265 e. The van der Waals surface area contributed by atoms with E-state index in [0.717, 1.165) is 25.0 Å². The fourth-order valence-corrected chi connectivity index (χ4v) is 1.37. The van der Waals surface area contributed by atoms with Crippen LogP contribution in [-0.2, 0) is 11.3 Å². The van der Waals surface area contributed by atoms with E-state index >= 15 is 0 Å². The van der Waals surface area contributed by atoms with Gasteiger partial charge >= 0.3 is 0 Å². The van der Waals surface area contributed by atoms with Crippen LogP contribution in [0.2, 0.25) is 0 Å². The average Bonchev–Trinajstić information content (AvgIpc) is 2.34. The van der Waals surface area contributed by atoms with Crippen molar-refractivity contribution in [1.82, 2.24) is 5.43 Å². The van der Waals surface area contributed by atoms with Gasteiger partial charge in [0, 0.05) is 12.2 Å². The van der Waals surface area contributed by atoms with Gasteiger partial charge in [-0.1, -0.05) is 31.5 Å². The Morgan fingerprint density at radius 2 is 2.19 bits per heavy atom. The summed E-state index contributed by atoms with van der Waals surface area (Å²) in [5.41, 5.74) is 3.56. The third-order valence-corrected chi connectivity index (χ3v) is 2.29. The lowest BCUT2D eigenvalue weighted by molar-refractivity contribution is 0.0938. The lowest BCUT2D eigenvalue weighted by Crippen LogP contribution is -2.30. The van der Waals surface area contributed by atoms with E-state index < -0.39 is 0 Å². The molecule has 4 nitrogen and oxygen atoms in total. The lowest BCUT2D eigenvalue weighted by Gasteiger charge is -2.08. The first-order chi connectivity index (χ1) is 7.79. The number of hydrogen-bond acceptors (Lipinski definition) is 3. The Labute approximate surface area is 95.8 Å². The Morgan fingerprint density at radius 3 is 2.88 bits per heavy atom. The molecule has 0 saturated heterocycles. The van der Waals surface area contributed by atoms with E-state index in [1.54, 1.807) is 12.1 Å². The summed E-state index contributed by atoms with van der Waals surface area (Å²) in [6.07, 6.45) is 2.14. The number of nitrogens with two attached hydrogens (primary N) is 1. The Balaban J connectivity index is 2.60. The standard InChI is InChI=1S/C12H18N2O2/c1-2-3-8-16-9-10-6-4-5-7-11(10)12(15)14-13/h4-7H,2-3,8-9,13H2,1H3,(H,14,15). The second-order valence-electron chi connectivity index (χ2n) is 3.54. The molecular formula is C12H18N2O2. The van der Waals surface area contributed by atoms with Crippen LogP contribution in [0.5, 0.6) is 0 Å². The minimum atomic E-state index is -0.283. The summed E-state index contributed by atoms with van der Waals surface area (Å²) in [5, 5.41) is 0. The third kappa shape index (κ3) is 3.64. The van der Waals surface area contributed by atoms with Crippen LogP contribution < -0.4 is 11.3 Å². The summed E-state index contributed by atoms with van der Waals surface area (Å²) in [7, 11) is 0. The Hall–Kier alpha value is -1.39. The molecular weight excluding hydrogens is 204 g/mol. The van der Waals surface area contributed by atoms with Gasteiger partial charge in [0.1, 0.15) is 0 Å². The number of benzene rings is 1. The van der Waals surface area contributed by atoms with Crippen LogP contribution >= 0.6 is 0 Å². The van der Waals surface area contributed by atoms with Crippen molar-refractivity contribution in [3.63, 3.8) is 0 Å². The zero-order chi connectivity index (χ0) is 11.8. The first kappa shape index (κ1) is 12.7. The second kappa shape index (κ2) is 6.98. The number of hydrazine groups is 1. The number of carbonyl (C=O) groups is 1. The van der Waals surface area contributed by atoms with E-state index in [1.165, 1.54) is 0 Å². The van der Waals surface area contributed by atoms with E-state index in [-0.39, 0.29) is 5.91 Å². The highest BCUT2D eigenvalue weighted by atomic mass is 16.5. The first-order valence-electron chi connectivity index (χ1n) is 5.46. The van der Waals surface area contributed by atoms with Gasteiger partial charge in [-0.2, -0.15) is 0 Å². The van der Waals surface area contributed by atoms with E-state index in [0.29, 0.717) is 12.2 Å². The molecule has 4 heteroatoms. The first-order valence-corrected chi connectivity index (χ1v) is 5.46. The van der Waals surface area contributed by atoms with Gasteiger partial charge < -0.3 is 4.74 Å². The molecule has 0 unspecified atom stereocenters. The van der Waals surface area contributed by atoms with Crippen molar-refractivity contribution >= 4 is 5.91 Å². The maximum Gasteiger partial charge on any atom is 0.265 e. The van der Waals surface area contributed by atoms with Gasteiger partial charge in [-0.3, -0.25) is 10.2 Å². The lowest BCUT2D eigenvalue weighted by atomic mass is 10.1. The van der Waals surface area contributed by atoms with Crippen molar-refractivity contribution in [3.05, 3.63) is 35.4 Å². The molecule has 0 fully saturated rings. The number of carbonyl (C=O) groups excluding carboxylic acids is 1. The van der Waals surface area contributed by atoms with Crippen molar-refractivity contribution in [2.45, 2.75) is 26.4 Å². The molecule has 88 valence electrons. The van der Waals surface area contributed by atoms with Gasteiger partial charge in [0.25, 0.3) is 5.91 Å². The predicted molar refractivity (Wildman–Crippen MR) is 62.7 cm³/mol. The maximum atomic E-state index is 11.4. The zero-order valence-electron chi connectivity index (χ0n) is 9.53. The average molecular weight is 222 g/mol. The SMILES string of the molecule is CCCCOCc1ccccc1C(=O)NN. The van der Waals surface area contributed by atoms with Crippen LogP contribution in [0.4, 0.5) is 0 Å². The number of nitrogens with one attached hydrogen (secondary N) is 1. The van der Waals surface area contributed by atoms with E-state index in [9.17, 15) is 4.79 Å². The molecule has 0 spiro atoms. The molecule has 1 amide bonds. The van der Waals surface area contributed by atoms with Crippen LogP contribution in [0.25, 0.3) is 0 Å². The summed E-state index contributed by atoms with van der Waals surface area (Å²) in [4.78, 5) is 11.4. The van der Waals surface area contributed by atoms with Crippen LogP contribution in [0, 0.1) is 0 Å². The Morgan fingerprint density at radius 1 is 1.44 bits per heavy atom. The van der Waals surface area contributed by atoms with E-state index in [4.69, 9.17) is 10.6 Å². The normalized spacial score (nSPS) is 10.1. The number of amides is 1. The molecule has 0 aliphatic carbocycles. The summed E-state index contributed by atoms with van der Waals surface area (Å²) < 4.78 is 5.47. The molecule has 0 aliphatic rings. The molecule has 0 saturated carbocycles. The number of hydrogen-bond donors (Lipinski definition) is 2. The predicted octanol–water partition coefficient (Wildman–Crippen LogP) is 1.61. The molecule has 0 aromatic heterocycles. The van der Waals surface area contributed by atoms with Crippen LogP contribution in [0.15, 0.2) is 24.3 Å². The molecule has 3 N–H and O–H groups in total. The molecule has 16 heavy (non-hydrogen) atoms. The molecule has 0 bridgehead atoms. The van der Waals surface area contributed by atoms with Gasteiger partial charge in [-0.05, 0) is 18.1 Å². The highest BCUT2D eigenvalue weighted by Gasteiger charge is 2.08. The van der Waals surface area contributed by atoms with Crippen LogP contribution in [-0.4, -0.2) is 12.5 Å². The molecule has 0 aliphatic heterocycles. The van der Waals surface area contributed by atoms with Crippen molar-refractivity contribution in [2.75, 3.05) is 6.61 Å². The minimum absolute atomic E-state index is 0.283. The number of rotatable bonds is 6. The molecule has 0 atom stereocenters. The van der Waals surface area contributed by atoms with E-state index in [1.807, 2.05) is 12.1 Å². The number of ether oxygens (including phenoxy) is 1. The van der Waals surface area contributed by atoms with Gasteiger partial charge in [-0.25, -0.2) is 5.84 Å². The minimum Gasteiger partial charge on any atom is -0.377 e. The summed E-state index contributed by atoms with van der Waals surface area (Å²) in [5.74, 6) is 4.83. The van der Waals surface area contributed by atoms with Gasteiger partial charge in [0.05, 0.1) is 6.61 Å². The Kier molecular flexibility index (Phi) is 5.53. The fraction of sp³-hybridized carbons (Fsp3) is 0.417. The molecule has 1 aromatic carbocycles. The molecule has 0 radical (unpaired) electrons. The Bertz CT molecular complexity index is 340. The molecule has 1 rings (SSSR count). The van der Waals surface area contributed by atoms with Crippen LogP contribution in [0.3, 0.4) is 0 Å². The largest absolute Gasteiger partial charge is 0.377 e. The second-order valence-corrected chi connectivity index (χ2v) is 3.54. The highest BCUT2D eigenvalue weighted by Crippen LogP contribution is 2.10. The van der Waals surface area contributed by atoms with Crippen molar-refractivity contribution in [2.24, 2.45) is 5.84 Å². The number of nitrogen functional groups attached to an aromatic ring is 1. The van der Waals surface area contributed by atoms with Crippen molar-refractivity contribution in [1.29, 1.82) is 0 Å². The zero-order valence-corrected chi connectivity index (χ0v) is 9.53. The van der Waals surface area contributed by atoms with Gasteiger partial charge in [0.15, 0.2) is 0 Å².